The molecule has 108 valence electrons. The van der Waals surface area contributed by atoms with Crippen LogP contribution in [-0.2, 0) is 9.59 Å². The third-order valence-electron chi connectivity index (χ3n) is 2.38. The highest BCUT2D eigenvalue weighted by atomic mass is 35.5. The fourth-order valence-corrected chi connectivity index (χ4v) is 2.35. The van der Waals surface area contributed by atoms with Crippen molar-refractivity contribution in [2.75, 3.05) is 37.4 Å². The highest BCUT2D eigenvalue weighted by molar-refractivity contribution is 7.15. The molecule has 19 heavy (non-hydrogen) atoms. The maximum Gasteiger partial charge on any atom is 0.223 e. The van der Waals surface area contributed by atoms with Gasteiger partial charge < -0.3 is 15.1 Å². The summed E-state index contributed by atoms with van der Waals surface area (Å²) >= 11 is 1.42. The number of nitrogens with one attached hydrogen (secondary N) is 1. The van der Waals surface area contributed by atoms with Gasteiger partial charge in [-0.2, -0.15) is 0 Å². The number of amides is 2. The molecule has 0 aliphatic rings. The van der Waals surface area contributed by atoms with Gasteiger partial charge in [-0.1, -0.05) is 0 Å². The number of halogens is 1. The number of carbonyl (C=O) groups is 2. The van der Waals surface area contributed by atoms with Crippen LogP contribution in [0.25, 0.3) is 0 Å². The number of thiophene rings is 1. The van der Waals surface area contributed by atoms with Crippen LogP contribution in [-0.4, -0.2) is 43.9 Å². The quantitative estimate of drug-likeness (QED) is 0.906. The monoisotopic (exact) mass is 305 g/mol. The van der Waals surface area contributed by atoms with Gasteiger partial charge in [0.25, 0.3) is 0 Å². The molecule has 0 saturated carbocycles. The van der Waals surface area contributed by atoms with Crippen LogP contribution in [0.1, 0.15) is 13.8 Å². The lowest BCUT2D eigenvalue weighted by atomic mass is 10.3. The van der Waals surface area contributed by atoms with Crippen LogP contribution in [0.2, 0.25) is 0 Å². The molecular formula is C12H20ClN3O2S. The molecule has 0 saturated heterocycles. The molecule has 1 aromatic heterocycles. The fraction of sp³-hybridized carbons (Fsp3) is 0.500. The van der Waals surface area contributed by atoms with Crippen molar-refractivity contribution in [3.63, 3.8) is 0 Å². The van der Waals surface area contributed by atoms with Gasteiger partial charge in [-0.25, -0.2) is 0 Å². The Kier molecular flexibility index (Phi) is 7.66. The van der Waals surface area contributed by atoms with Crippen molar-refractivity contribution in [1.29, 1.82) is 0 Å². The Bertz CT molecular complexity index is 434. The van der Waals surface area contributed by atoms with Crippen LogP contribution in [0, 0.1) is 0 Å². The first-order chi connectivity index (χ1) is 8.41. The summed E-state index contributed by atoms with van der Waals surface area (Å²) in [6.45, 7) is 4.37. The van der Waals surface area contributed by atoms with Gasteiger partial charge in [0.2, 0.25) is 11.8 Å². The molecule has 0 fully saturated rings. The maximum atomic E-state index is 11.7. The number of likely N-dealkylation sites (N-methyl/N-ethyl adjacent to an activating group) is 1. The minimum atomic E-state index is -0.130. The predicted molar refractivity (Wildman–Crippen MR) is 82.5 cm³/mol. The summed E-state index contributed by atoms with van der Waals surface area (Å²) in [5, 5.41) is 5.33. The molecule has 0 radical (unpaired) electrons. The maximum absolute atomic E-state index is 11.7. The third-order valence-corrected chi connectivity index (χ3v) is 3.19. The summed E-state index contributed by atoms with van der Waals surface area (Å²) in [6, 6.07) is 1.85. The molecule has 1 rings (SSSR count). The lowest BCUT2D eigenvalue weighted by Gasteiger charge is -2.23. The first-order valence-electron chi connectivity index (χ1n) is 5.69. The molecule has 1 aromatic rings. The highest BCUT2D eigenvalue weighted by Gasteiger charge is 2.17. The summed E-state index contributed by atoms with van der Waals surface area (Å²) in [5.74, 6) is -0.156. The van der Waals surface area contributed by atoms with E-state index in [-0.39, 0.29) is 24.2 Å². The first-order valence-corrected chi connectivity index (χ1v) is 6.57. The van der Waals surface area contributed by atoms with Crippen molar-refractivity contribution in [1.82, 2.24) is 4.90 Å². The fourth-order valence-electron chi connectivity index (χ4n) is 1.52. The van der Waals surface area contributed by atoms with Crippen LogP contribution >= 0.6 is 23.7 Å². The van der Waals surface area contributed by atoms with Crippen molar-refractivity contribution in [2.24, 2.45) is 0 Å². The van der Waals surface area contributed by atoms with E-state index in [1.165, 1.54) is 25.2 Å². The van der Waals surface area contributed by atoms with Crippen LogP contribution in [0.5, 0.6) is 0 Å². The summed E-state index contributed by atoms with van der Waals surface area (Å²) < 4.78 is 0. The SMILES string of the molecule is CC(=O)Nc1sccc1N(CCN(C)C)C(C)=O.Cl. The highest BCUT2D eigenvalue weighted by Crippen LogP contribution is 2.32. The van der Waals surface area contributed by atoms with Gasteiger partial charge in [0, 0.05) is 26.9 Å². The smallest absolute Gasteiger partial charge is 0.223 e. The van der Waals surface area contributed by atoms with E-state index < -0.39 is 0 Å². The summed E-state index contributed by atoms with van der Waals surface area (Å²) in [4.78, 5) is 26.5. The van der Waals surface area contributed by atoms with E-state index in [4.69, 9.17) is 0 Å². The second-order valence-corrected chi connectivity index (χ2v) is 5.21. The number of anilines is 2. The van der Waals surface area contributed by atoms with Crippen LogP contribution in [0.15, 0.2) is 11.4 Å². The Hall–Kier alpha value is -1.11. The topological polar surface area (TPSA) is 52.7 Å². The molecule has 7 heteroatoms. The van der Waals surface area contributed by atoms with E-state index in [1.807, 2.05) is 30.4 Å². The Morgan fingerprint density at radius 1 is 1.26 bits per heavy atom. The molecule has 0 unspecified atom stereocenters. The molecule has 0 aromatic carbocycles. The van der Waals surface area contributed by atoms with Gasteiger partial charge in [0.05, 0.1) is 5.69 Å². The largest absolute Gasteiger partial charge is 0.316 e. The predicted octanol–water partition coefficient (Wildman–Crippen LogP) is 2.04. The summed E-state index contributed by atoms with van der Waals surface area (Å²) in [6.07, 6.45) is 0. The van der Waals surface area contributed by atoms with E-state index in [1.54, 1.807) is 4.90 Å². The summed E-state index contributed by atoms with van der Waals surface area (Å²) in [5.41, 5.74) is 0.768. The van der Waals surface area contributed by atoms with Gasteiger partial charge in [-0.3, -0.25) is 9.59 Å². The molecule has 5 nitrogen and oxygen atoms in total. The molecule has 0 atom stereocenters. The number of rotatable bonds is 5. The van der Waals surface area contributed by atoms with Crippen molar-refractivity contribution in [3.05, 3.63) is 11.4 Å². The molecule has 0 aliphatic carbocycles. The lowest BCUT2D eigenvalue weighted by Crippen LogP contribution is -2.35. The third kappa shape index (κ3) is 5.59. The molecule has 0 spiro atoms. The van der Waals surface area contributed by atoms with Crippen LogP contribution in [0.3, 0.4) is 0 Å². The van der Waals surface area contributed by atoms with E-state index >= 15 is 0 Å². The number of nitrogens with zero attached hydrogens (tertiary/aromatic N) is 2. The number of hydrogen-bond acceptors (Lipinski definition) is 4. The molecule has 0 bridgehead atoms. The van der Waals surface area contributed by atoms with Crippen LogP contribution in [0.4, 0.5) is 10.7 Å². The van der Waals surface area contributed by atoms with Crippen LogP contribution < -0.4 is 10.2 Å². The van der Waals surface area contributed by atoms with Crippen molar-refractivity contribution >= 4 is 46.2 Å². The van der Waals surface area contributed by atoms with E-state index in [0.29, 0.717) is 6.54 Å². The molecule has 1 N–H and O–H groups in total. The molecule has 1 heterocycles. The minimum Gasteiger partial charge on any atom is -0.316 e. The second kappa shape index (κ2) is 8.14. The zero-order valence-corrected chi connectivity index (χ0v) is 13.2. The number of carbonyl (C=O) groups excluding carboxylic acids is 2. The van der Waals surface area contributed by atoms with E-state index in [2.05, 4.69) is 5.32 Å². The lowest BCUT2D eigenvalue weighted by molar-refractivity contribution is -0.117. The van der Waals surface area contributed by atoms with Gasteiger partial charge in [-0.15, -0.1) is 23.7 Å². The van der Waals surface area contributed by atoms with Gasteiger partial charge >= 0.3 is 0 Å². The van der Waals surface area contributed by atoms with Gasteiger partial charge in [0.1, 0.15) is 5.00 Å². The minimum absolute atomic E-state index is 0. The second-order valence-electron chi connectivity index (χ2n) is 4.29. The molecular weight excluding hydrogens is 286 g/mol. The Morgan fingerprint density at radius 2 is 1.89 bits per heavy atom. The van der Waals surface area contributed by atoms with Crippen molar-refractivity contribution in [3.8, 4) is 0 Å². The van der Waals surface area contributed by atoms with E-state index in [9.17, 15) is 9.59 Å². The van der Waals surface area contributed by atoms with E-state index in [0.717, 1.165) is 17.2 Å². The standard InChI is InChI=1S/C12H19N3O2S.ClH/c1-9(16)13-12-11(5-8-18-12)15(10(2)17)7-6-14(3)4;/h5,8H,6-7H2,1-4H3,(H,13,16);1H. The Labute approximate surface area is 124 Å². The zero-order chi connectivity index (χ0) is 13.7. The average Bonchev–Trinajstić information content (AvgIpc) is 2.64. The Balaban J connectivity index is 0.00000324. The normalized spacial score (nSPS) is 9.95. The number of hydrogen-bond donors (Lipinski definition) is 1. The first kappa shape index (κ1) is 17.9. The molecule has 2 amide bonds. The average molecular weight is 306 g/mol. The van der Waals surface area contributed by atoms with Crippen molar-refractivity contribution < 1.29 is 9.59 Å². The van der Waals surface area contributed by atoms with Gasteiger partial charge in [-0.05, 0) is 25.5 Å². The zero-order valence-electron chi connectivity index (χ0n) is 11.6. The molecule has 0 aliphatic heterocycles. The van der Waals surface area contributed by atoms with Gasteiger partial charge in [0.15, 0.2) is 0 Å². The summed E-state index contributed by atoms with van der Waals surface area (Å²) in [7, 11) is 3.92. The van der Waals surface area contributed by atoms with Crippen molar-refractivity contribution in [2.45, 2.75) is 13.8 Å². The Morgan fingerprint density at radius 3 is 2.37 bits per heavy atom.